The van der Waals surface area contributed by atoms with Crippen molar-refractivity contribution in [3.8, 4) is 0 Å². The number of imide groups is 2. The molecule has 0 aromatic rings. The molecule has 6 rings (SSSR count). The first-order chi connectivity index (χ1) is 15.5. The van der Waals surface area contributed by atoms with Crippen molar-refractivity contribution in [1.82, 2.24) is 9.80 Å². The van der Waals surface area contributed by atoms with Gasteiger partial charge in [0.05, 0.1) is 23.7 Å². The van der Waals surface area contributed by atoms with Gasteiger partial charge >= 0.3 is 0 Å². The minimum absolute atomic E-state index is 0.0669. The fourth-order valence-corrected chi connectivity index (χ4v) is 7.84. The quantitative estimate of drug-likeness (QED) is 0.458. The fourth-order valence-electron chi connectivity index (χ4n) is 7.84. The van der Waals surface area contributed by atoms with Crippen LogP contribution in [0, 0.1) is 53.3 Å². The maximum Gasteiger partial charge on any atom is 0.235 e. The molecule has 6 heteroatoms. The molecule has 0 aromatic carbocycles. The van der Waals surface area contributed by atoms with Crippen LogP contribution >= 0.6 is 0 Å². The van der Waals surface area contributed by atoms with Crippen LogP contribution in [-0.4, -0.2) is 40.1 Å². The van der Waals surface area contributed by atoms with Gasteiger partial charge in [0.25, 0.3) is 0 Å². The van der Waals surface area contributed by atoms with Crippen molar-refractivity contribution >= 4 is 23.6 Å². The molecule has 2 saturated carbocycles. The van der Waals surface area contributed by atoms with Crippen LogP contribution < -0.4 is 0 Å². The van der Waals surface area contributed by atoms with Gasteiger partial charge in [-0.1, -0.05) is 36.0 Å². The van der Waals surface area contributed by atoms with Gasteiger partial charge in [0.15, 0.2) is 0 Å². The average Bonchev–Trinajstić information content (AvgIpc) is 3.59. The number of carbonyl (C=O) groups excluding carboxylic acids is 4. The predicted molar refractivity (Wildman–Crippen MR) is 116 cm³/mol. The molecule has 4 fully saturated rings. The van der Waals surface area contributed by atoms with E-state index in [9.17, 15) is 19.2 Å². The molecule has 0 radical (unpaired) electrons. The Labute approximate surface area is 187 Å². The second kappa shape index (κ2) is 6.87. The van der Waals surface area contributed by atoms with Crippen molar-refractivity contribution in [3.63, 3.8) is 0 Å². The fraction of sp³-hybridized carbons (Fsp3) is 0.538. The lowest BCUT2D eigenvalue weighted by molar-refractivity contribution is -0.150. The van der Waals surface area contributed by atoms with E-state index >= 15 is 0 Å². The smallest absolute Gasteiger partial charge is 0.235 e. The molecule has 0 N–H and O–H groups in total. The van der Waals surface area contributed by atoms with E-state index in [-0.39, 0.29) is 77.6 Å². The van der Waals surface area contributed by atoms with Crippen LogP contribution in [0.5, 0.6) is 0 Å². The number of carbonyl (C=O) groups is 4. The summed E-state index contributed by atoms with van der Waals surface area (Å²) >= 11 is 0. The Morgan fingerprint density at radius 2 is 1.44 bits per heavy atom. The molecular formula is C26H28N2O4. The summed E-state index contributed by atoms with van der Waals surface area (Å²) in [7, 11) is 0. The summed E-state index contributed by atoms with van der Waals surface area (Å²) in [4.78, 5) is 55.5. The zero-order valence-electron chi connectivity index (χ0n) is 18.1. The normalized spacial score (nSPS) is 42.9. The minimum Gasteiger partial charge on any atom is -0.274 e. The summed E-state index contributed by atoms with van der Waals surface area (Å²) in [5, 5.41) is 0. The summed E-state index contributed by atoms with van der Waals surface area (Å²) in [6.45, 7) is 7.37. The van der Waals surface area contributed by atoms with Gasteiger partial charge in [-0.2, -0.15) is 0 Å². The van der Waals surface area contributed by atoms with Gasteiger partial charge in [-0.05, 0) is 55.3 Å². The van der Waals surface area contributed by atoms with Crippen LogP contribution in [0.3, 0.4) is 0 Å². The van der Waals surface area contributed by atoms with E-state index < -0.39 is 0 Å². The molecule has 2 aliphatic heterocycles. The van der Waals surface area contributed by atoms with Crippen molar-refractivity contribution in [3.05, 3.63) is 49.1 Å². The molecule has 4 amide bonds. The number of likely N-dealkylation sites (tertiary alicyclic amines) is 2. The van der Waals surface area contributed by atoms with Crippen molar-refractivity contribution in [2.75, 3.05) is 6.67 Å². The SMILES string of the molecule is C=CCCC1C2C=CC1C1C(=O)N(CN3C(=O)C4C5C=C(CC=C)C(C5)C4C3=O)C(=O)C21. The lowest BCUT2D eigenvalue weighted by atomic mass is 9.80. The van der Waals surface area contributed by atoms with Gasteiger partial charge in [0.2, 0.25) is 23.6 Å². The molecule has 4 aliphatic carbocycles. The van der Waals surface area contributed by atoms with E-state index in [0.29, 0.717) is 5.92 Å². The highest BCUT2D eigenvalue weighted by Crippen LogP contribution is 2.58. The summed E-state index contributed by atoms with van der Waals surface area (Å²) in [5.41, 5.74) is 1.20. The summed E-state index contributed by atoms with van der Waals surface area (Å²) in [6, 6.07) is 0. The lowest BCUT2D eigenvalue weighted by Gasteiger charge is -2.26. The number of allylic oxidation sites excluding steroid dienone is 6. The molecule has 6 nitrogen and oxygen atoms in total. The standard InChI is InChI=1S/C26H28N2O4/c1-3-5-7-15-16-8-9-17(15)21-20(16)24(30)28(25(21)31)12-27-23(29)19-14-10-13(6-4-2)18(11-14)22(19)26(27)32/h3-4,8-10,14-22H,1-2,5-7,11-12H2. The maximum atomic E-state index is 13.3. The summed E-state index contributed by atoms with van der Waals surface area (Å²) in [6.07, 6.45) is 13.4. The highest BCUT2D eigenvalue weighted by atomic mass is 16.2. The number of fused-ring (bicyclic) bond motifs is 10. The maximum absolute atomic E-state index is 13.3. The summed E-state index contributed by atoms with van der Waals surface area (Å²) in [5.74, 6) is -1.65. The van der Waals surface area contributed by atoms with E-state index in [0.717, 1.165) is 25.7 Å². The van der Waals surface area contributed by atoms with Crippen LogP contribution in [0.1, 0.15) is 25.7 Å². The molecule has 166 valence electrons. The van der Waals surface area contributed by atoms with E-state index in [1.807, 2.05) is 12.2 Å². The molecule has 0 aromatic heterocycles. The molecule has 6 aliphatic rings. The Morgan fingerprint density at radius 3 is 2.03 bits per heavy atom. The van der Waals surface area contributed by atoms with Gasteiger partial charge < -0.3 is 0 Å². The van der Waals surface area contributed by atoms with Crippen molar-refractivity contribution in [2.45, 2.75) is 25.7 Å². The Kier molecular flexibility index (Phi) is 4.27. The average molecular weight is 433 g/mol. The van der Waals surface area contributed by atoms with Crippen molar-refractivity contribution < 1.29 is 19.2 Å². The zero-order valence-corrected chi connectivity index (χ0v) is 18.1. The molecule has 2 saturated heterocycles. The molecule has 0 spiro atoms. The van der Waals surface area contributed by atoms with Crippen LogP contribution in [0.25, 0.3) is 0 Å². The number of amides is 4. The van der Waals surface area contributed by atoms with Crippen molar-refractivity contribution in [2.24, 2.45) is 53.3 Å². The second-order valence-electron chi connectivity index (χ2n) is 10.3. The molecule has 2 heterocycles. The third-order valence-electron chi connectivity index (χ3n) is 9.04. The number of rotatable bonds is 7. The van der Waals surface area contributed by atoms with Crippen LogP contribution in [0.4, 0.5) is 0 Å². The van der Waals surface area contributed by atoms with Gasteiger partial charge in [-0.25, -0.2) is 0 Å². The minimum atomic E-state index is -0.350. The van der Waals surface area contributed by atoms with Gasteiger partial charge in [-0.15, -0.1) is 13.2 Å². The molecule has 4 bridgehead atoms. The largest absolute Gasteiger partial charge is 0.274 e. The monoisotopic (exact) mass is 432 g/mol. The van der Waals surface area contributed by atoms with Gasteiger partial charge in [-0.3, -0.25) is 29.0 Å². The topological polar surface area (TPSA) is 74.8 Å². The lowest BCUT2D eigenvalue weighted by Crippen LogP contribution is -2.46. The van der Waals surface area contributed by atoms with E-state index in [2.05, 4.69) is 31.4 Å². The van der Waals surface area contributed by atoms with Crippen LogP contribution in [-0.2, 0) is 19.2 Å². The first kappa shape index (κ1) is 19.9. The molecule has 8 unspecified atom stereocenters. The van der Waals surface area contributed by atoms with Crippen LogP contribution in [0.2, 0.25) is 0 Å². The number of hydrogen-bond donors (Lipinski definition) is 0. The number of nitrogens with zero attached hydrogens (tertiary/aromatic N) is 2. The first-order valence-electron chi connectivity index (χ1n) is 11.8. The van der Waals surface area contributed by atoms with E-state index in [1.54, 1.807) is 0 Å². The molecular weight excluding hydrogens is 404 g/mol. The Hall–Kier alpha value is -2.76. The Morgan fingerprint density at radius 1 is 0.844 bits per heavy atom. The van der Waals surface area contributed by atoms with Gasteiger partial charge in [0.1, 0.15) is 6.67 Å². The number of hydrogen-bond acceptors (Lipinski definition) is 4. The molecule has 8 atom stereocenters. The highest BCUT2D eigenvalue weighted by Gasteiger charge is 2.65. The third-order valence-corrected chi connectivity index (χ3v) is 9.04. The van der Waals surface area contributed by atoms with E-state index in [1.165, 1.54) is 15.4 Å². The van der Waals surface area contributed by atoms with Crippen LogP contribution in [0.15, 0.2) is 49.1 Å². The van der Waals surface area contributed by atoms with Crippen molar-refractivity contribution in [1.29, 1.82) is 0 Å². The summed E-state index contributed by atoms with van der Waals surface area (Å²) < 4.78 is 0. The van der Waals surface area contributed by atoms with Gasteiger partial charge in [0, 0.05) is 0 Å². The highest BCUT2D eigenvalue weighted by molar-refractivity contribution is 6.09. The Bertz CT molecular complexity index is 993. The third kappa shape index (κ3) is 2.36. The van der Waals surface area contributed by atoms with E-state index in [4.69, 9.17) is 0 Å². The first-order valence-corrected chi connectivity index (χ1v) is 11.8. The molecule has 32 heavy (non-hydrogen) atoms. The zero-order chi connectivity index (χ0) is 22.3. The Balaban J connectivity index is 1.21. The second-order valence-corrected chi connectivity index (χ2v) is 10.3. The predicted octanol–water partition coefficient (Wildman–Crippen LogP) is 2.70.